The molecular formula is C14H19NO2. The van der Waals surface area contributed by atoms with Crippen LogP contribution in [0.1, 0.15) is 37.6 Å². The minimum Gasteiger partial charge on any atom is -0.487 e. The van der Waals surface area contributed by atoms with E-state index in [2.05, 4.69) is 18.7 Å². The Labute approximate surface area is 102 Å². The van der Waals surface area contributed by atoms with Crippen molar-refractivity contribution in [3.05, 3.63) is 23.8 Å². The second-order valence-electron chi connectivity index (χ2n) is 4.43. The van der Waals surface area contributed by atoms with Gasteiger partial charge in [0.2, 0.25) is 0 Å². The summed E-state index contributed by atoms with van der Waals surface area (Å²) in [6.45, 7) is 7.89. The molecule has 0 radical (unpaired) electrons. The molecule has 0 saturated heterocycles. The van der Waals surface area contributed by atoms with Gasteiger partial charge in [0.05, 0.1) is 12.2 Å². The lowest BCUT2D eigenvalue weighted by atomic mass is 10.1. The average Bonchev–Trinajstić information content (AvgIpc) is 2.36. The van der Waals surface area contributed by atoms with E-state index in [1.807, 2.05) is 25.1 Å². The summed E-state index contributed by atoms with van der Waals surface area (Å²) in [7, 11) is 0. The molecule has 1 aromatic carbocycles. The largest absolute Gasteiger partial charge is 0.487 e. The summed E-state index contributed by atoms with van der Waals surface area (Å²) < 4.78 is 5.78. The molecule has 0 aliphatic carbocycles. The molecule has 3 nitrogen and oxygen atoms in total. The monoisotopic (exact) mass is 233 g/mol. The maximum absolute atomic E-state index is 11.7. The molecular weight excluding hydrogens is 214 g/mol. The van der Waals surface area contributed by atoms with Crippen molar-refractivity contribution in [3.63, 3.8) is 0 Å². The van der Waals surface area contributed by atoms with Gasteiger partial charge in [0, 0.05) is 18.5 Å². The minimum absolute atomic E-state index is 0.183. The zero-order chi connectivity index (χ0) is 12.4. The molecule has 3 heteroatoms. The molecule has 1 aliphatic heterocycles. The first-order valence-electron chi connectivity index (χ1n) is 6.24. The van der Waals surface area contributed by atoms with E-state index < -0.39 is 0 Å². The van der Waals surface area contributed by atoms with Crippen LogP contribution in [0.5, 0.6) is 5.75 Å². The van der Waals surface area contributed by atoms with Crippen molar-refractivity contribution in [3.8, 4) is 5.75 Å². The van der Waals surface area contributed by atoms with E-state index in [1.54, 1.807) is 0 Å². The smallest absolute Gasteiger partial charge is 0.162 e. The lowest BCUT2D eigenvalue weighted by molar-refractivity contribution is 0.0988. The van der Waals surface area contributed by atoms with Crippen LogP contribution in [0.2, 0.25) is 0 Å². The Morgan fingerprint density at radius 1 is 1.47 bits per heavy atom. The maximum atomic E-state index is 11.7. The van der Waals surface area contributed by atoms with Crippen LogP contribution in [-0.4, -0.2) is 25.0 Å². The zero-order valence-electron chi connectivity index (χ0n) is 10.7. The van der Waals surface area contributed by atoms with Gasteiger partial charge in [-0.2, -0.15) is 0 Å². The van der Waals surface area contributed by atoms with Gasteiger partial charge in [-0.25, -0.2) is 0 Å². The Hall–Kier alpha value is -1.51. The number of Topliss-reactive ketones (excluding diaryl/α,β-unsaturated/α-hetero) is 1. The summed E-state index contributed by atoms with van der Waals surface area (Å²) in [6, 6.07) is 5.73. The Kier molecular flexibility index (Phi) is 3.36. The van der Waals surface area contributed by atoms with Gasteiger partial charge in [-0.1, -0.05) is 6.92 Å². The highest BCUT2D eigenvalue weighted by molar-refractivity contribution is 5.97. The molecule has 0 bridgehead atoms. The summed E-state index contributed by atoms with van der Waals surface area (Å²) in [6.07, 6.45) is 0.748. The molecule has 17 heavy (non-hydrogen) atoms. The number of benzene rings is 1. The van der Waals surface area contributed by atoms with Gasteiger partial charge >= 0.3 is 0 Å². The third-order valence-electron chi connectivity index (χ3n) is 3.13. The summed E-state index contributed by atoms with van der Waals surface area (Å²) in [5.41, 5.74) is 1.83. The molecule has 0 N–H and O–H groups in total. The van der Waals surface area contributed by atoms with E-state index in [0.717, 1.165) is 30.1 Å². The van der Waals surface area contributed by atoms with Crippen LogP contribution in [0, 0.1) is 0 Å². The molecule has 0 spiro atoms. The number of carbonyl (C=O) groups is 1. The van der Waals surface area contributed by atoms with Gasteiger partial charge in [-0.3, -0.25) is 4.79 Å². The second kappa shape index (κ2) is 4.78. The van der Waals surface area contributed by atoms with Crippen molar-refractivity contribution < 1.29 is 9.53 Å². The predicted octanol–water partition coefficient (Wildman–Crippen LogP) is 2.89. The molecule has 1 heterocycles. The zero-order valence-corrected chi connectivity index (χ0v) is 10.7. The van der Waals surface area contributed by atoms with Crippen molar-refractivity contribution in [1.29, 1.82) is 0 Å². The Balaban J connectivity index is 2.39. The fraction of sp³-hybridized carbons (Fsp3) is 0.500. The van der Waals surface area contributed by atoms with Crippen molar-refractivity contribution >= 4 is 11.5 Å². The van der Waals surface area contributed by atoms with Crippen molar-refractivity contribution in [2.75, 3.05) is 18.0 Å². The Bertz CT molecular complexity index is 428. The van der Waals surface area contributed by atoms with Crippen molar-refractivity contribution in [1.82, 2.24) is 0 Å². The van der Waals surface area contributed by atoms with Crippen LogP contribution in [-0.2, 0) is 0 Å². The minimum atomic E-state index is 0.183. The molecule has 0 fully saturated rings. The third-order valence-corrected chi connectivity index (χ3v) is 3.13. The highest BCUT2D eigenvalue weighted by Crippen LogP contribution is 2.34. The number of rotatable bonds is 3. The first-order valence-corrected chi connectivity index (χ1v) is 6.24. The molecule has 2 rings (SSSR count). The number of fused-ring (bicyclic) bond motifs is 1. The van der Waals surface area contributed by atoms with E-state index >= 15 is 0 Å². The van der Waals surface area contributed by atoms with E-state index in [9.17, 15) is 4.79 Å². The van der Waals surface area contributed by atoms with Gasteiger partial charge in [0.1, 0.15) is 11.9 Å². The molecule has 0 amide bonds. The van der Waals surface area contributed by atoms with Crippen LogP contribution in [0.4, 0.5) is 5.69 Å². The number of ether oxygens (including phenoxy) is 1. The number of hydrogen-bond donors (Lipinski definition) is 0. The first kappa shape index (κ1) is 12.0. The number of nitrogens with zero attached hydrogens (tertiary/aromatic N) is 1. The predicted molar refractivity (Wildman–Crippen MR) is 69.0 cm³/mol. The number of anilines is 1. The molecule has 0 saturated carbocycles. The molecule has 1 atom stereocenters. The molecule has 1 aromatic rings. The maximum Gasteiger partial charge on any atom is 0.162 e. The van der Waals surface area contributed by atoms with Crippen molar-refractivity contribution in [2.24, 2.45) is 0 Å². The normalized spacial score (nSPS) is 18.5. The van der Waals surface area contributed by atoms with Crippen LogP contribution in [0.15, 0.2) is 18.2 Å². The van der Waals surface area contributed by atoms with Crippen LogP contribution in [0.25, 0.3) is 0 Å². The molecule has 1 unspecified atom stereocenters. The van der Waals surface area contributed by atoms with Crippen LogP contribution >= 0.6 is 0 Å². The summed E-state index contributed by atoms with van der Waals surface area (Å²) >= 11 is 0. The van der Waals surface area contributed by atoms with Gasteiger partial charge in [-0.15, -0.1) is 0 Å². The average molecular weight is 233 g/mol. The van der Waals surface area contributed by atoms with Gasteiger partial charge in [0.15, 0.2) is 5.78 Å². The quantitative estimate of drug-likeness (QED) is 0.752. The van der Waals surface area contributed by atoms with E-state index in [4.69, 9.17) is 4.74 Å². The van der Waals surface area contributed by atoms with Crippen LogP contribution < -0.4 is 9.64 Å². The summed E-state index contributed by atoms with van der Waals surface area (Å²) in [4.78, 5) is 14.0. The number of likely N-dealkylation sites (N-methyl/N-ethyl adjacent to an activating group) is 1. The topological polar surface area (TPSA) is 29.5 Å². The molecule has 1 aliphatic rings. The number of carbonyl (C=O) groups excluding carboxylic acids is 1. The third kappa shape index (κ3) is 2.28. The first-order chi connectivity index (χ1) is 8.15. The lowest BCUT2D eigenvalue weighted by Crippen LogP contribution is -2.38. The van der Waals surface area contributed by atoms with Gasteiger partial charge in [-0.05, 0) is 32.0 Å². The summed E-state index contributed by atoms with van der Waals surface area (Å²) in [5, 5.41) is 0. The Morgan fingerprint density at radius 3 is 2.88 bits per heavy atom. The number of hydrogen-bond acceptors (Lipinski definition) is 3. The molecule has 92 valence electrons. The van der Waals surface area contributed by atoms with E-state index in [0.29, 0.717) is 6.42 Å². The highest BCUT2D eigenvalue weighted by Gasteiger charge is 2.22. The van der Waals surface area contributed by atoms with E-state index in [-0.39, 0.29) is 11.9 Å². The summed E-state index contributed by atoms with van der Waals surface area (Å²) in [5.74, 6) is 1.07. The molecule has 0 aromatic heterocycles. The lowest BCUT2D eigenvalue weighted by Gasteiger charge is -2.34. The fourth-order valence-corrected chi connectivity index (χ4v) is 2.20. The van der Waals surface area contributed by atoms with Crippen molar-refractivity contribution in [2.45, 2.75) is 33.3 Å². The van der Waals surface area contributed by atoms with Crippen LogP contribution in [0.3, 0.4) is 0 Å². The SMILES string of the molecule is CCC(=O)c1ccc2c(c1)N(CC)CC(C)O2. The van der Waals surface area contributed by atoms with Gasteiger partial charge in [0.25, 0.3) is 0 Å². The highest BCUT2D eigenvalue weighted by atomic mass is 16.5. The fourth-order valence-electron chi connectivity index (χ4n) is 2.20. The van der Waals surface area contributed by atoms with Gasteiger partial charge < -0.3 is 9.64 Å². The standard InChI is InChI=1S/C14H19NO2/c1-4-13(16)11-6-7-14-12(8-11)15(5-2)9-10(3)17-14/h6-8,10H,4-5,9H2,1-3H3. The second-order valence-corrected chi connectivity index (χ2v) is 4.43. The van der Waals surface area contributed by atoms with E-state index in [1.165, 1.54) is 0 Å². The number of ketones is 1. The Morgan fingerprint density at radius 2 is 2.24 bits per heavy atom.